The molecule has 0 fully saturated rings. The lowest BCUT2D eigenvalue weighted by Crippen LogP contribution is -2.30. The van der Waals surface area contributed by atoms with E-state index in [9.17, 15) is 14.7 Å². The summed E-state index contributed by atoms with van der Waals surface area (Å²) >= 11 is 0. The molecule has 1 aliphatic heterocycles. The second-order valence-corrected chi connectivity index (χ2v) is 6.17. The summed E-state index contributed by atoms with van der Waals surface area (Å²) in [4.78, 5) is 31.2. The highest BCUT2D eigenvalue weighted by Crippen LogP contribution is 2.40. The van der Waals surface area contributed by atoms with Gasteiger partial charge in [-0.05, 0) is 43.3 Å². The van der Waals surface area contributed by atoms with E-state index >= 15 is 0 Å². The molecule has 0 saturated carbocycles. The molecule has 7 heteroatoms. The first-order chi connectivity index (χ1) is 13.1. The fraction of sp³-hybridized carbons (Fsp3) is 0.150. The van der Waals surface area contributed by atoms with E-state index < -0.39 is 23.5 Å². The number of hydrogen-bond acceptors (Lipinski definition) is 6. The number of aliphatic hydroxyl groups excluding tert-OH is 1. The molecule has 0 bridgehead atoms. The molecular weight excluding hydrogens is 348 g/mol. The van der Waals surface area contributed by atoms with Crippen molar-refractivity contribution in [2.45, 2.75) is 19.5 Å². The first-order valence-electron chi connectivity index (χ1n) is 8.35. The maximum atomic E-state index is 12.9. The highest BCUT2D eigenvalue weighted by molar-refractivity contribution is 6.14. The third-order valence-corrected chi connectivity index (χ3v) is 4.38. The van der Waals surface area contributed by atoms with Gasteiger partial charge in [0.1, 0.15) is 17.6 Å². The number of aryl methyl sites for hydroxylation is 1. The van der Waals surface area contributed by atoms with Crippen LogP contribution in [0.1, 0.15) is 33.8 Å². The van der Waals surface area contributed by atoms with Gasteiger partial charge in [0, 0.05) is 6.20 Å². The fourth-order valence-electron chi connectivity index (χ4n) is 3.15. The van der Waals surface area contributed by atoms with Crippen LogP contribution in [-0.2, 0) is 11.3 Å². The van der Waals surface area contributed by atoms with Crippen molar-refractivity contribution >= 4 is 11.7 Å². The summed E-state index contributed by atoms with van der Waals surface area (Å²) in [6.07, 6.45) is 2.98. The van der Waals surface area contributed by atoms with Gasteiger partial charge < -0.3 is 18.8 Å². The summed E-state index contributed by atoms with van der Waals surface area (Å²) in [5.41, 5.74) is 0.554. The minimum Gasteiger partial charge on any atom is -0.503 e. The fourth-order valence-corrected chi connectivity index (χ4v) is 3.15. The van der Waals surface area contributed by atoms with Crippen LogP contribution in [-0.4, -0.2) is 26.7 Å². The summed E-state index contributed by atoms with van der Waals surface area (Å²) < 4.78 is 10.9. The molecule has 0 aliphatic carbocycles. The number of hydrogen-bond donors (Lipinski definition) is 1. The molecule has 1 aliphatic rings. The zero-order valence-electron chi connectivity index (χ0n) is 14.5. The molecule has 3 aromatic rings. The van der Waals surface area contributed by atoms with Crippen LogP contribution in [0.15, 0.2) is 75.1 Å². The molecule has 7 nitrogen and oxygen atoms in total. The van der Waals surface area contributed by atoms with Crippen LogP contribution in [0.25, 0.3) is 0 Å². The smallest absolute Gasteiger partial charge is 0.290 e. The number of aliphatic hydroxyl groups is 1. The van der Waals surface area contributed by atoms with E-state index in [1.165, 1.54) is 17.2 Å². The second kappa shape index (κ2) is 6.60. The predicted octanol–water partition coefficient (Wildman–Crippen LogP) is 3.35. The minimum absolute atomic E-state index is 0.0392. The molecule has 3 aromatic heterocycles. The number of amides is 1. The van der Waals surface area contributed by atoms with Gasteiger partial charge in [0.25, 0.3) is 5.91 Å². The largest absolute Gasteiger partial charge is 0.503 e. The Bertz CT molecular complexity index is 1020. The molecule has 1 N–H and O–H groups in total. The molecule has 4 heterocycles. The topological polar surface area (TPSA) is 96.8 Å². The zero-order chi connectivity index (χ0) is 19.0. The minimum atomic E-state index is -0.870. The third kappa shape index (κ3) is 2.93. The summed E-state index contributed by atoms with van der Waals surface area (Å²) in [7, 11) is 0. The van der Waals surface area contributed by atoms with Gasteiger partial charge in [0.05, 0.1) is 24.1 Å². The Kier molecular flexibility index (Phi) is 4.12. The van der Waals surface area contributed by atoms with Gasteiger partial charge >= 0.3 is 0 Å². The summed E-state index contributed by atoms with van der Waals surface area (Å²) in [6, 6.07) is 10.9. The lowest BCUT2D eigenvalue weighted by Gasteiger charge is -2.24. The molecular formula is C20H16N2O5. The Labute approximate surface area is 154 Å². The molecule has 1 atom stereocenters. The highest BCUT2D eigenvalue weighted by atomic mass is 16.3. The standard InChI is InChI=1S/C20H16N2O5/c1-12-7-8-14(27-12)17-16(18(23)15-6-4-10-26-15)19(24)20(25)22(17)11-13-5-2-3-9-21-13/h2-10,17,24H,11H2,1H3. The van der Waals surface area contributed by atoms with Gasteiger partial charge in [0.2, 0.25) is 5.78 Å². The highest BCUT2D eigenvalue weighted by Gasteiger charge is 2.46. The molecule has 0 aromatic carbocycles. The van der Waals surface area contributed by atoms with Crippen LogP contribution in [0, 0.1) is 6.92 Å². The number of rotatable bonds is 5. The van der Waals surface area contributed by atoms with E-state index in [0.29, 0.717) is 17.2 Å². The molecule has 27 heavy (non-hydrogen) atoms. The number of Topliss-reactive ketones (excluding diaryl/α,β-unsaturated/α-hetero) is 1. The van der Waals surface area contributed by atoms with Crippen LogP contribution >= 0.6 is 0 Å². The number of aromatic nitrogens is 1. The van der Waals surface area contributed by atoms with Crippen molar-refractivity contribution in [1.29, 1.82) is 0 Å². The Balaban J connectivity index is 1.78. The summed E-state index contributed by atoms with van der Waals surface area (Å²) in [5, 5.41) is 10.5. The molecule has 4 rings (SSSR count). The molecule has 0 spiro atoms. The van der Waals surface area contributed by atoms with Crippen molar-refractivity contribution in [2.24, 2.45) is 0 Å². The Morgan fingerprint density at radius 2 is 2.07 bits per heavy atom. The monoisotopic (exact) mass is 364 g/mol. The van der Waals surface area contributed by atoms with Gasteiger partial charge in [-0.1, -0.05) is 6.07 Å². The maximum Gasteiger partial charge on any atom is 0.290 e. The van der Waals surface area contributed by atoms with Gasteiger partial charge in [-0.3, -0.25) is 14.6 Å². The van der Waals surface area contributed by atoms with E-state index in [1.54, 1.807) is 49.5 Å². The Morgan fingerprint density at radius 1 is 1.22 bits per heavy atom. The summed E-state index contributed by atoms with van der Waals surface area (Å²) in [6.45, 7) is 1.88. The van der Waals surface area contributed by atoms with Crippen molar-refractivity contribution in [3.8, 4) is 0 Å². The Hall–Kier alpha value is -3.61. The normalized spacial score (nSPS) is 17.0. The quantitative estimate of drug-likeness (QED) is 0.697. The predicted molar refractivity (Wildman–Crippen MR) is 93.7 cm³/mol. The average molecular weight is 364 g/mol. The second-order valence-electron chi connectivity index (χ2n) is 6.17. The third-order valence-electron chi connectivity index (χ3n) is 4.38. The van der Waals surface area contributed by atoms with E-state index in [1.807, 2.05) is 0 Å². The van der Waals surface area contributed by atoms with E-state index in [0.717, 1.165) is 0 Å². The lowest BCUT2D eigenvalue weighted by molar-refractivity contribution is -0.130. The van der Waals surface area contributed by atoms with Crippen LogP contribution in [0.4, 0.5) is 0 Å². The number of nitrogens with zero attached hydrogens (tertiary/aromatic N) is 2. The molecule has 136 valence electrons. The van der Waals surface area contributed by atoms with Crippen molar-refractivity contribution in [3.05, 3.63) is 89.2 Å². The van der Waals surface area contributed by atoms with Crippen LogP contribution in [0.3, 0.4) is 0 Å². The molecule has 1 unspecified atom stereocenters. The van der Waals surface area contributed by atoms with Gasteiger partial charge in [-0.25, -0.2) is 0 Å². The van der Waals surface area contributed by atoms with Gasteiger partial charge in [0.15, 0.2) is 11.5 Å². The first kappa shape index (κ1) is 16.8. The number of furan rings is 2. The van der Waals surface area contributed by atoms with Crippen molar-refractivity contribution < 1.29 is 23.5 Å². The average Bonchev–Trinajstić information content (AvgIpc) is 3.39. The summed E-state index contributed by atoms with van der Waals surface area (Å²) in [5.74, 6) is -0.770. The van der Waals surface area contributed by atoms with Crippen LogP contribution in [0.5, 0.6) is 0 Å². The van der Waals surface area contributed by atoms with Crippen molar-refractivity contribution in [1.82, 2.24) is 9.88 Å². The first-order valence-corrected chi connectivity index (χ1v) is 8.35. The number of ketones is 1. The number of carbonyl (C=O) groups excluding carboxylic acids is 2. The van der Waals surface area contributed by atoms with Gasteiger partial charge in [-0.2, -0.15) is 0 Å². The van der Waals surface area contributed by atoms with Crippen LogP contribution in [0.2, 0.25) is 0 Å². The zero-order valence-corrected chi connectivity index (χ0v) is 14.5. The van der Waals surface area contributed by atoms with Crippen molar-refractivity contribution in [3.63, 3.8) is 0 Å². The molecule has 0 saturated heterocycles. The van der Waals surface area contributed by atoms with E-state index in [2.05, 4.69) is 4.98 Å². The number of pyridine rings is 1. The molecule has 1 amide bonds. The molecule has 0 radical (unpaired) electrons. The van der Waals surface area contributed by atoms with E-state index in [-0.39, 0.29) is 17.9 Å². The maximum absolute atomic E-state index is 12.9. The SMILES string of the molecule is Cc1ccc(C2C(C(=O)c3ccco3)=C(O)C(=O)N2Cc2ccccn2)o1. The lowest BCUT2D eigenvalue weighted by atomic mass is 9.99. The Morgan fingerprint density at radius 3 is 2.70 bits per heavy atom. The van der Waals surface area contributed by atoms with Crippen LogP contribution < -0.4 is 0 Å². The van der Waals surface area contributed by atoms with E-state index in [4.69, 9.17) is 8.83 Å². The van der Waals surface area contributed by atoms with Gasteiger partial charge in [-0.15, -0.1) is 0 Å². The van der Waals surface area contributed by atoms with Crippen molar-refractivity contribution in [2.75, 3.05) is 0 Å². The number of carbonyl (C=O) groups is 2.